The first-order valence-electron chi connectivity index (χ1n) is 7.72. The lowest BCUT2D eigenvalue weighted by Crippen LogP contribution is -3.14. The van der Waals surface area contributed by atoms with Gasteiger partial charge in [-0.2, -0.15) is 0 Å². The van der Waals surface area contributed by atoms with Gasteiger partial charge in [-0.3, -0.25) is 4.79 Å². The number of hydrogen-bond donors (Lipinski definition) is 3. The van der Waals surface area contributed by atoms with Crippen molar-refractivity contribution < 1.29 is 14.4 Å². The summed E-state index contributed by atoms with van der Waals surface area (Å²) in [5, 5.41) is 6.92. The van der Waals surface area contributed by atoms with Crippen LogP contribution in [-0.4, -0.2) is 50.3 Å². The molecule has 0 spiro atoms. The lowest BCUT2D eigenvalue weighted by Gasteiger charge is -2.23. The van der Waals surface area contributed by atoms with Crippen LogP contribution in [0.2, 0.25) is 0 Å². The van der Waals surface area contributed by atoms with Crippen LogP contribution in [0.25, 0.3) is 0 Å². The van der Waals surface area contributed by atoms with Crippen molar-refractivity contribution in [3.8, 4) is 0 Å². The second-order valence-electron chi connectivity index (χ2n) is 5.48. The van der Waals surface area contributed by atoms with Gasteiger partial charge in [0.25, 0.3) is 0 Å². The van der Waals surface area contributed by atoms with Gasteiger partial charge in [-0.25, -0.2) is 0 Å². The molecule has 3 N–H and O–H groups in total. The van der Waals surface area contributed by atoms with Crippen molar-refractivity contribution >= 4 is 28.8 Å². The first-order chi connectivity index (χ1) is 10.6. The third-order valence-corrected chi connectivity index (χ3v) is 3.97. The molecular weight excluding hydrogens is 298 g/mol. The number of Topliss-reactive ketones (excluding diaryl/α,β-unsaturated/α-hetero) is 1. The molecular formula is C16H24N3O2S+. The Morgan fingerprint density at radius 1 is 1.36 bits per heavy atom. The molecule has 1 aromatic rings. The van der Waals surface area contributed by atoms with Crippen molar-refractivity contribution in [2.45, 2.75) is 13.3 Å². The summed E-state index contributed by atoms with van der Waals surface area (Å²) in [5.74, 6) is 0.0519. The third kappa shape index (κ3) is 5.71. The number of carbonyl (C=O) groups is 1. The van der Waals surface area contributed by atoms with Crippen molar-refractivity contribution in [3.05, 3.63) is 29.8 Å². The minimum atomic E-state index is 0.0519. The van der Waals surface area contributed by atoms with E-state index < -0.39 is 0 Å². The van der Waals surface area contributed by atoms with E-state index in [4.69, 9.17) is 17.0 Å². The van der Waals surface area contributed by atoms with Gasteiger partial charge in [-0.1, -0.05) is 12.1 Å². The molecule has 0 amide bonds. The largest absolute Gasteiger partial charge is 0.370 e. The van der Waals surface area contributed by atoms with E-state index in [1.165, 1.54) is 0 Å². The highest BCUT2D eigenvalue weighted by Crippen LogP contribution is 2.10. The highest BCUT2D eigenvalue weighted by Gasteiger charge is 2.12. The highest BCUT2D eigenvalue weighted by molar-refractivity contribution is 7.80. The summed E-state index contributed by atoms with van der Waals surface area (Å²) in [4.78, 5) is 13.0. The highest BCUT2D eigenvalue weighted by atomic mass is 32.1. The average molecular weight is 322 g/mol. The smallest absolute Gasteiger partial charge is 0.170 e. The van der Waals surface area contributed by atoms with Gasteiger partial charge >= 0.3 is 0 Å². The number of ketones is 1. The number of ether oxygens (including phenoxy) is 1. The molecule has 5 nitrogen and oxygen atoms in total. The molecule has 6 heteroatoms. The number of anilines is 1. The normalized spacial score (nSPS) is 15.3. The molecule has 22 heavy (non-hydrogen) atoms. The molecule has 0 saturated carbocycles. The van der Waals surface area contributed by atoms with E-state index in [1.807, 2.05) is 18.2 Å². The topological polar surface area (TPSA) is 54.8 Å². The number of carbonyl (C=O) groups excluding carboxylic acids is 1. The van der Waals surface area contributed by atoms with Gasteiger partial charge in [0.15, 0.2) is 10.9 Å². The molecule has 1 fully saturated rings. The third-order valence-electron chi connectivity index (χ3n) is 3.72. The van der Waals surface area contributed by atoms with Crippen LogP contribution in [0, 0.1) is 0 Å². The lowest BCUT2D eigenvalue weighted by atomic mass is 10.1. The minimum Gasteiger partial charge on any atom is -0.370 e. The Kier molecular flexibility index (Phi) is 6.76. The molecule has 1 heterocycles. The summed E-state index contributed by atoms with van der Waals surface area (Å²) in [6.07, 6.45) is 1.07. The van der Waals surface area contributed by atoms with E-state index in [-0.39, 0.29) is 5.78 Å². The molecule has 0 atom stereocenters. The van der Waals surface area contributed by atoms with Crippen molar-refractivity contribution in [2.24, 2.45) is 0 Å². The summed E-state index contributed by atoms with van der Waals surface area (Å²) in [7, 11) is 0. The molecule has 2 rings (SSSR count). The van der Waals surface area contributed by atoms with Crippen molar-refractivity contribution in [3.63, 3.8) is 0 Å². The maximum absolute atomic E-state index is 11.4. The van der Waals surface area contributed by atoms with Gasteiger partial charge < -0.3 is 20.3 Å². The fourth-order valence-corrected chi connectivity index (χ4v) is 2.66. The number of quaternary nitrogens is 1. The quantitative estimate of drug-likeness (QED) is 0.404. The molecule has 1 aliphatic heterocycles. The Morgan fingerprint density at radius 3 is 2.86 bits per heavy atom. The van der Waals surface area contributed by atoms with Gasteiger partial charge in [0.1, 0.15) is 13.1 Å². The Morgan fingerprint density at radius 2 is 2.14 bits per heavy atom. The van der Waals surface area contributed by atoms with Crippen molar-refractivity contribution in [1.29, 1.82) is 0 Å². The summed E-state index contributed by atoms with van der Waals surface area (Å²) in [6, 6.07) is 7.37. The van der Waals surface area contributed by atoms with Gasteiger partial charge in [0.05, 0.1) is 19.8 Å². The molecule has 0 radical (unpaired) electrons. The first-order valence-corrected chi connectivity index (χ1v) is 8.13. The van der Waals surface area contributed by atoms with Gasteiger partial charge in [0.2, 0.25) is 0 Å². The van der Waals surface area contributed by atoms with E-state index in [2.05, 4.69) is 10.6 Å². The zero-order valence-corrected chi connectivity index (χ0v) is 13.8. The first kappa shape index (κ1) is 16.9. The van der Waals surface area contributed by atoms with E-state index in [0.29, 0.717) is 10.7 Å². The molecule has 1 aliphatic rings. The Hall–Kier alpha value is -1.50. The Labute approximate surface area is 137 Å². The Bertz CT molecular complexity index is 516. The van der Waals surface area contributed by atoms with Crippen LogP contribution in [0.1, 0.15) is 23.7 Å². The average Bonchev–Trinajstić information content (AvgIpc) is 2.53. The van der Waals surface area contributed by atoms with E-state index in [9.17, 15) is 4.79 Å². The second kappa shape index (κ2) is 8.82. The summed E-state index contributed by atoms with van der Waals surface area (Å²) in [5.41, 5.74) is 1.52. The zero-order chi connectivity index (χ0) is 15.8. The number of rotatable bonds is 6. The predicted octanol–water partition coefficient (Wildman–Crippen LogP) is 0.481. The van der Waals surface area contributed by atoms with Crippen LogP contribution in [-0.2, 0) is 4.74 Å². The SMILES string of the molecule is CC(=O)c1cccc(NC(=S)NCCC[NH+]2CCOCC2)c1. The van der Waals surface area contributed by atoms with Crippen LogP contribution in [0.4, 0.5) is 5.69 Å². The fourth-order valence-electron chi connectivity index (χ4n) is 2.44. The predicted molar refractivity (Wildman–Crippen MR) is 91.7 cm³/mol. The van der Waals surface area contributed by atoms with Crippen LogP contribution in [0.3, 0.4) is 0 Å². The lowest BCUT2D eigenvalue weighted by molar-refractivity contribution is -0.908. The zero-order valence-electron chi connectivity index (χ0n) is 13.0. The fraction of sp³-hybridized carbons (Fsp3) is 0.500. The van der Waals surface area contributed by atoms with Crippen LogP contribution >= 0.6 is 12.2 Å². The van der Waals surface area contributed by atoms with E-state index >= 15 is 0 Å². The van der Waals surface area contributed by atoms with Crippen molar-refractivity contribution in [1.82, 2.24) is 5.32 Å². The van der Waals surface area contributed by atoms with Crippen LogP contribution < -0.4 is 15.5 Å². The van der Waals surface area contributed by atoms with Crippen molar-refractivity contribution in [2.75, 3.05) is 44.7 Å². The molecule has 0 unspecified atom stereocenters. The molecule has 1 aromatic carbocycles. The molecule has 1 saturated heterocycles. The number of morpholine rings is 1. The standard InChI is InChI=1S/C16H23N3O2S/c1-13(20)14-4-2-5-15(12-14)18-16(22)17-6-3-7-19-8-10-21-11-9-19/h2,4-5,12H,3,6-11H2,1H3,(H2,17,18,22)/p+1. The van der Waals surface area contributed by atoms with Gasteiger partial charge in [-0.05, 0) is 31.3 Å². The summed E-state index contributed by atoms with van der Waals surface area (Å²) >= 11 is 5.28. The molecule has 0 aromatic heterocycles. The van der Waals surface area contributed by atoms with E-state index in [0.717, 1.165) is 51.5 Å². The molecule has 0 aliphatic carbocycles. The van der Waals surface area contributed by atoms with Crippen LogP contribution in [0.5, 0.6) is 0 Å². The number of thiocarbonyl (C=S) groups is 1. The maximum atomic E-state index is 11.4. The maximum Gasteiger partial charge on any atom is 0.170 e. The van der Waals surface area contributed by atoms with E-state index in [1.54, 1.807) is 17.9 Å². The number of hydrogen-bond acceptors (Lipinski definition) is 3. The Balaban J connectivity index is 1.67. The number of nitrogens with one attached hydrogen (secondary N) is 3. The van der Waals surface area contributed by atoms with Gasteiger partial charge in [0, 0.05) is 24.2 Å². The molecule has 0 bridgehead atoms. The monoisotopic (exact) mass is 322 g/mol. The second-order valence-corrected chi connectivity index (χ2v) is 5.89. The number of benzene rings is 1. The van der Waals surface area contributed by atoms with Crippen LogP contribution in [0.15, 0.2) is 24.3 Å². The van der Waals surface area contributed by atoms with Gasteiger partial charge in [-0.15, -0.1) is 0 Å². The summed E-state index contributed by atoms with van der Waals surface area (Å²) < 4.78 is 5.35. The molecule has 120 valence electrons. The minimum absolute atomic E-state index is 0.0519. The summed E-state index contributed by atoms with van der Waals surface area (Å²) in [6.45, 7) is 7.48.